The number of hydrogen-bond acceptors (Lipinski definition) is 6. The quantitative estimate of drug-likeness (QED) is 0.672. The maximum absolute atomic E-state index is 12.0. The monoisotopic (exact) mass is 433 g/mol. The number of pyridine rings is 1. The summed E-state index contributed by atoms with van der Waals surface area (Å²) >= 11 is 0. The number of piperazine rings is 1. The SMILES string of the molecule is C=CC(=O)N1CCN(c2ccc(C(N)=O)c(-c3ccc(O[C@@H](C)C(C)C#N)cc3)n2)CC1. The van der Waals surface area contributed by atoms with Crippen LogP contribution in [0.2, 0.25) is 0 Å². The summed E-state index contributed by atoms with van der Waals surface area (Å²) in [6, 6.07) is 12.8. The van der Waals surface area contributed by atoms with Crippen molar-refractivity contribution in [2.75, 3.05) is 31.1 Å². The number of carbonyl (C=O) groups excluding carboxylic acids is 2. The molecule has 0 aliphatic carbocycles. The van der Waals surface area contributed by atoms with Gasteiger partial charge in [0.1, 0.15) is 17.7 Å². The summed E-state index contributed by atoms with van der Waals surface area (Å²) in [5.41, 5.74) is 7.14. The van der Waals surface area contributed by atoms with Gasteiger partial charge in [-0.2, -0.15) is 5.26 Å². The Kier molecular flexibility index (Phi) is 7.11. The molecule has 1 aromatic heterocycles. The number of benzene rings is 1. The van der Waals surface area contributed by atoms with Gasteiger partial charge in [-0.1, -0.05) is 6.58 Å². The zero-order valence-corrected chi connectivity index (χ0v) is 18.3. The molecule has 1 aliphatic rings. The first-order chi connectivity index (χ1) is 15.3. The second-order valence-corrected chi connectivity index (χ2v) is 7.71. The Morgan fingerprint density at radius 3 is 2.38 bits per heavy atom. The van der Waals surface area contributed by atoms with Crippen molar-refractivity contribution in [3.63, 3.8) is 0 Å². The van der Waals surface area contributed by atoms with Crippen LogP contribution in [0.1, 0.15) is 24.2 Å². The first kappa shape index (κ1) is 22.8. The van der Waals surface area contributed by atoms with E-state index in [0.29, 0.717) is 49.0 Å². The number of nitrogens with two attached hydrogens (primary N) is 1. The minimum Gasteiger partial charge on any atom is -0.489 e. The minimum atomic E-state index is -0.558. The smallest absolute Gasteiger partial charge is 0.250 e. The van der Waals surface area contributed by atoms with Crippen LogP contribution in [0.25, 0.3) is 11.3 Å². The lowest BCUT2D eigenvalue weighted by molar-refractivity contribution is -0.126. The second kappa shape index (κ2) is 9.96. The molecular weight excluding hydrogens is 406 g/mol. The van der Waals surface area contributed by atoms with Crippen LogP contribution in [0.5, 0.6) is 5.75 Å². The molecule has 1 aromatic carbocycles. The standard InChI is InChI=1S/C24H27N5O3/c1-4-22(30)29-13-11-28(12-14-29)21-10-9-20(24(26)31)23(27-21)18-5-7-19(8-6-18)32-17(3)16(2)15-25/h4-10,16-17H,1,11-14H2,2-3H3,(H2,26,31)/t16?,17-/m0/s1. The summed E-state index contributed by atoms with van der Waals surface area (Å²) in [6.07, 6.45) is 1.07. The fourth-order valence-corrected chi connectivity index (χ4v) is 3.44. The third kappa shape index (κ3) is 5.06. The molecule has 1 aliphatic heterocycles. The van der Waals surface area contributed by atoms with Gasteiger partial charge >= 0.3 is 0 Å². The summed E-state index contributed by atoms with van der Waals surface area (Å²) in [5, 5.41) is 9.04. The van der Waals surface area contributed by atoms with Crippen molar-refractivity contribution in [1.82, 2.24) is 9.88 Å². The van der Waals surface area contributed by atoms with E-state index in [1.54, 1.807) is 36.1 Å². The number of aromatic nitrogens is 1. The van der Waals surface area contributed by atoms with E-state index in [9.17, 15) is 9.59 Å². The fraction of sp³-hybridized carbons (Fsp3) is 0.333. The molecule has 0 bridgehead atoms. The number of carbonyl (C=O) groups is 2. The van der Waals surface area contributed by atoms with Gasteiger partial charge in [-0.25, -0.2) is 4.98 Å². The number of primary amides is 1. The highest BCUT2D eigenvalue weighted by Crippen LogP contribution is 2.28. The summed E-state index contributed by atoms with van der Waals surface area (Å²) in [4.78, 5) is 32.4. The molecule has 166 valence electrons. The zero-order valence-electron chi connectivity index (χ0n) is 18.3. The van der Waals surface area contributed by atoms with E-state index in [0.717, 1.165) is 5.56 Å². The first-order valence-corrected chi connectivity index (χ1v) is 10.5. The predicted octanol–water partition coefficient (Wildman–Crippen LogP) is 2.61. The van der Waals surface area contributed by atoms with E-state index in [1.807, 2.05) is 19.1 Å². The molecule has 0 saturated carbocycles. The third-order valence-corrected chi connectivity index (χ3v) is 5.59. The van der Waals surface area contributed by atoms with E-state index >= 15 is 0 Å². The van der Waals surface area contributed by atoms with Gasteiger partial charge in [-0.15, -0.1) is 0 Å². The van der Waals surface area contributed by atoms with Crippen LogP contribution in [0, 0.1) is 17.2 Å². The van der Waals surface area contributed by atoms with E-state index < -0.39 is 5.91 Å². The Morgan fingerprint density at radius 2 is 1.81 bits per heavy atom. The van der Waals surface area contributed by atoms with E-state index in [1.165, 1.54) is 6.08 Å². The largest absolute Gasteiger partial charge is 0.489 e. The summed E-state index contributed by atoms with van der Waals surface area (Å²) < 4.78 is 5.81. The number of ether oxygens (including phenoxy) is 1. The molecule has 1 unspecified atom stereocenters. The molecule has 1 saturated heterocycles. The Morgan fingerprint density at radius 1 is 1.16 bits per heavy atom. The van der Waals surface area contributed by atoms with Crippen LogP contribution < -0.4 is 15.4 Å². The van der Waals surface area contributed by atoms with Crippen LogP contribution in [0.4, 0.5) is 5.82 Å². The van der Waals surface area contributed by atoms with Crippen LogP contribution in [-0.2, 0) is 4.79 Å². The lowest BCUT2D eigenvalue weighted by Gasteiger charge is -2.35. The van der Waals surface area contributed by atoms with Crippen molar-refractivity contribution in [2.45, 2.75) is 20.0 Å². The van der Waals surface area contributed by atoms with Gasteiger partial charge in [0.25, 0.3) is 5.91 Å². The van der Waals surface area contributed by atoms with Crippen molar-refractivity contribution in [1.29, 1.82) is 5.26 Å². The Balaban J connectivity index is 1.83. The Bertz CT molecular complexity index is 1040. The van der Waals surface area contributed by atoms with Gasteiger partial charge in [0.2, 0.25) is 5.91 Å². The number of nitrogens with zero attached hydrogens (tertiary/aromatic N) is 4. The predicted molar refractivity (Wildman–Crippen MR) is 122 cm³/mol. The number of amides is 2. The summed E-state index contributed by atoms with van der Waals surface area (Å²) in [7, 11) is 0. The average Bonchev–Trinajstić information content (AvgIpc) is 2.83. The van der Waals surface area contributed by atoms with E-state index in [-0.39, 0.29) is 17.9 Å². The third-order valence-electron chi connectivity index (χ3n) is 5.59. The normalized spacial score (nSPS) is 15.4. The molecule has 2 N–H and O–H groups in total. The van der Waals surface area contributed by atoms with E-state index in [2.05, 4.69) is 17.5 Å². The first-order valence-electron chi connectivity index (χ1n) is 10.5. The van der Waals surface area contributed by atoms with Gasteiger partial charge in [-0.05, 0) is 56.3 Å². The van der Waals surface area contributed by atoms with Crippen molar-refractivity contribution >= 4 is 17.6 Å². The fourth-order valence-electron chi connectivity index (χ4n) is 3.44. The minimum absolute atomic E-state index is 0.0804. The molecule has 3 rings (SSSR count). The van der Waals surface area contributed by atoms with Gasteiger partial charge < -0.3 is 20.3 Å². The van der Waals surface area contributed by atoms with Crippen LogP contribution in [0.15, 0.2) is 49.1 Å². The van der Waals surface area contributed by atoms with Crippen LogP contribution >= 0.6 is 0 Å². The number of hydrogen-bond donors (Lipinski definition) is 1. The summed E-state index contributed by atoms with van der Waals surface area (Å²) in [6.45, 7) is 9.59. The molecule has 32 heavy (non-hydrogen) atoms. The van der Waals surface area contributed by atoms with Gasteiger partial charge in [0.15, 0.2) is 0 Å². The molecule has 8 heteroatoms. The number of anilines is 1. The second-order valence-electron chi connectivity index (χ2n) is 7.71. The molecule has 2 heterocycles. The molecular formula is C24H27N5O3. The van der Waals surface area contributed by atoms with Crippen LogP contribution in [0.3, 0.4) is 0 Å². The highest BCUT2D eigenvalue weighted by molar-refractivity contribution is 5.99. The Hall–Kier alpha value is -3.86. The maximum Gasteiger partial charge on any atom is 0.250 e. The van der Waals surface area contributed by atoms with Crippen molar-refractivity contribution in [3.05, 3.63) is 54.6 Å². The molecule has 1 fully saturated rings. The highest BCUT2D eigenvalue weighted by Gasteiger charge is 2.22. The average molecular weight is 434 g/mol. The van der Waals surface area contributed by atoms with Crippen molar-refractivity contribution in [3.8, 4) is 23.1 Å². The van der Waals surface area contributed by atoms with Gasteiger partial charge in [-0.3, -0.25) is 9.59 Å². The molecule has 2 atom stereocenters. The summed E-state index contributed by atoms with van der Waals surface area (Å²) in [5.74, 6) is 0.466. The van der Waals surface area contributed by atoms with Gasteiger partial charge in [0, 0.05) is 31.7 Å². The lowest BCUT2D eigenvalue weighted by Crippen LogP contribution is -2.48. The molecule has 8 nitrogen and oxygen atoms in total. The highest BCUT2D eigenvalue weighted by atomic mass is 16.5. The topological polar surface area (TPSA) is 113 Å². The molecule has 0 spiro atoms. The molecule has 0 radical (unpaired) electrons. The number of nitriles is 1. The maximum atomic E-state index is 12.0. The van der Waals surface area contributed by atoms with Gasteiger partial charge in [0.05, 0.1) is 23.2 Å². The zero-order chi connectivity index (χ0) is 23.3. The molecule has 2 aromatic rings. The van der Waals surface area contributed by atoms with E-state index in [4.69, 9.17) is 20.7 Å². The Labute approximate surface area is 187 Å². The van der Waals surface area contributed by atoms with Crippen LogP contribution in [-0.4, -0.2) is 54.0 Å². The van der Waals surface area contributed by atoms with Crippen molar-refractivity contribution in [2.24, 2.45) is 11.7 Å². The lowest BCUT2D eigenvalue weighted by atomic mass is 10.0. The van der Waals surface area contributed by atoms with Crippen molar-refractivity contribution < 1.29 is 14.3 Å². The molecule has 2 amide bonds. The number of rotatable bonds is 7.